The van der Waals surface area contributed by atoms with Crippen LogP contribution in [0.2, 0.25) is 0 Å². The van der Waals surface area contributed by atoms with Gasteiger partial charge in [-0.15, -0.1) is 37.7 Å². The van der Waals surface area contributed by atoms with Gasteiger partial charge >= 0.3 is 26.8 Å². The van der Waals surface area contributed by atoms with E-state index in [9.17, 15) is 0 Å². The van der Waals surface area contributed by atoms with Crippen LogP contribution in [0.25, 0.3) is 0 Å². The fourth-order valence-corrected chi connectivity index (χ4v) is 2.16. The normalized spacial score (nSPS) is 13.3. The molecule has 0 saturated carbocycles. The van der Waals surface area contributed by atoms with Crippen molar-refractivity contribution in [2.45, 2.75) is 66.2 Å². The SMILES string of the molecule is CCCC1=[C-]CC(C)=C1.CCCC1=[C-]CC(C)=C1.Cl.Cl.[CH3-].[CH3-].[SiH2]=[Ti]. The Bertz CT molecular complexity index is 372. The molecule has 2 aliphatic rings. The van der Waals surface area contributed by atoms with Crippen LogP contribution in [-0.4, -0.2) is 7.63 Å². The molecule has 0 spiro atoms. The number of rotatable bonds is 4. The molecule has 142 valence electrons. The van der Waals surface area contributed by atoms with Gasteiger partial charge < -0.3 is 14.9 Å². The first kappa shape index (κ1) is 35.6. The molecule has 0 bridgehead atoms. The fourth-order valence-electron chi connectivity index (χ4n) is 2.16. The number of hydrogen-bond acceptors (Lipinski definition) is 0. The van der Waals surface area contributed by atoms with Gasteiger partial charge in [0.05, 0.1) is 0 Å². The zero-order valence-electron chi connectivity index (χ0n) is 16.4. The van der Waals surface area contributed by atoms with Crippen molar-refractivity contribution in [3.63, 3.8) is 0 Å². The second-order valence-electron chi connectivity index (χ2n) is 5.24. The van der Waals surface area contributed by atoms with E-state index in [2.05, 4.69) is 52.0 Å². The monoisotopic (exact) mass is 422 g/mol. The molecule has 2 aliphatic carbocycles. The molecule has 0 aliphatic heterocycles. The molecule has 0 aromatic carbocycles. The van der Waals surface area contributed by atoms with Gasteiger partial charge in [0.1, 0.15) is 0 Å². The summed E-state index contributed by atoms with van der Waals surface area (Å²) in [6.45, 7) is 8.73. The van der Waals surface area contributed by atoms with Crippen molar-refractivity contribution < 1.29 is 19.2 Å². The summed E-state index contributed by atoms with van der Waals surface area (Å²) in [5.74, 6) is 0. The van der Waals surface area contributed by atoms with Gasteiger partial charge in [-0.1, -0.05) is 53.4 Å². The summed E-state index contributed by atoms with van der Waals surface area (Å²) in [5.41, 5.74) is 5.74. The predicted octanol–water partition coefficient (Wildman–Crippen LogP) is 6.56. The third kappa shape index (κ3) is 17.3. The molecule has 0 atom stereocenters. The van der Waals surface area contributed by atoms with E-state index < -0.39 is 0 Å². The first-order chi connectivity index (χ1) is 9.65. The molecule has 0 aromatic rings. The molecule has 0 saturated heterocycles. The minimum absolute atomic E-state index is 0. The molecule has 4 heteroatoms. The molecule has 24 heavy (non-hydrogen) atoms. The Kier molecular flexibility index (Phi) is 34.8. The molecular formula is C20H36Cl2SiTi-4. The molecule has 2 rings (SSSR count). The quantitative estimate of drug-likeness (QED) is 0.355. The second-order valence-corrected chi connectivity index (χ2v) is 5.24. The molecule has 0 N–H and O–H groups in total. The van der Waals surface area contributed by atoms with Gasteiger partial charge in [-0.05, 0) is 0 Å². The van der Waals surface area contributed by atoms with Crippen LogP contribution in [0.4, 0.5) is 0 Å². The summed E-state index contributed by atoms with van der Waals surface area (Å²) < 4.78 is 0. The van der Waals surface area contributed by atoms with Crippen molar-refractivity contribution in [1.29, 1.82) is 0 Å². The molecule has 0 unspecified atom stereocenters. The molecule has 0 heterocycles. The van der Waals surface area contributed by atoms with Gasteiger partial charge in [-0.2, -0.15) is 11.1 Å². The average molecular weight is 423 g/mol. The second kappa shape index (κ2) is 23.5. The van der Waals surface area contributed by atoms with Gasteiger partial charge in [-0.3, -0.25) is 12.2 Å². The maximum absolute atomic E-state index is 3.33. The number of halogens is 2. The van der Waals surface area contributed by atoms with Crippen LogP contribution in [0.3, 0.4) is 0 Å². The summed E-state index contributed by atoms with van der Waals surface area (Å²) in [6.07, 6.45) is 18.2. The van der Waals surface area contributed by atoms with E-state index in [4.69, 9.17) is 0 Å². The van der Waals surface area contributed by atoms with E-state index in [1.807, 2.05) is 26.8 Å². The Balaban J connectivity index is -0.0000000789. The maximum atomic E-state index is 3.33. The molecule has 0 fully saturated rings. The van der Waals surface area contributed by atoms with E-state index in [-0.39, 0.29) is 39.7 Å². The molecule has 0 aromatic heterocycles. The first-order valence-electron chi connectivity index (χ1n) is 7.54. The van der Waals surface area contributed by atoms with Crippen molar-refractivity contribution in [2.24, 2.45) is 0 Å². The van der Waals surface area contributed by atoms with Gasteiger partial charge in [0, 0.05) is 0 Å². The zero-order chi connectivity index (χ0) is 15.4. The van der Waals surface area contributed by atoms with Crippen LogP contribution in [0.5, 0.6) is 0 Å². The zero-order valence-corrected chi connectivity index (χ0v) is 21.0. The van der Waals surface area contributed by atoms with Crippen molar-refractivity contribution in [2.75, 3.05) is 0 Å². The summed E-state index contributed by atoms with van der Waals surface area (Å²) in [7, 11) is 1.86. The van der Waals surface area contributed by atoms with Gasteiger partial charge in [0.15, 0.2) is 0 Å². The van der Waals surface area contributed by atoms with E-state index >= 15 is 0 Å². The third-order valence-corrected chi connectivity index (χ3v) is 3.07. The van der Waals surface area contributed by atoms with Gasteiger partial charge in [0.2, 0.25) is 0 Å². The Hall–Kier alpha value is 0.471. The van der Waals surface area contributed by atoms with Gasteiger partial charge in [0.25, 0.3) is 0 Å². The van der Waals surface area contributed by atoms with Crippen molar-refractivity contribution >= 4 is 32.4 Å². The standard InChI is InChI=1S/2C9H13.2CH3.2ClH.H2Si.Ti/c2*1-3-4-9-6-5-8(2)7-9;;;;;;/h2*7H,3-5H2,1-2H3;2*1H3;2*1H;1H2;/q4*-1;;;;. The van der Waals surface area contributed by atoms with Crippen LogP contribution < -0.4 is 0 Å². The summed E-state index contributed by atoms with van der Waals surface area (Å²) >= 11 is 2.03. The molecule has 0 radical (unpaired) electrons. The van der Waals surface area contributed by atoms with Crippen LogP contribution in [0.15, 0.2) is 34.4 Å². The Morgan fingerprint density at radius 1 is 0.833 bits per heavy atom. The van der Waals surface area contributed by atoms with E-state index in [0.29, 0.717) is 0 Å². The van der Waals surface area contributed by atoms with E-state index in [1.54, 1.807) is 0 Å². The summed E-state index contributed by atoms with van der Waals surface area (Å²) in [4.78, 5) is 0. The van der Waals surface area contributed by atoms with Gasteiger partial charge in [-0.25, -0.2) is 23.3 Å². The Labute approximate surface area is 178 Å². The third-order valence-electron chi connectivity index (χ3n) is 3.07. The first-order valence-corrected chi connectivity index (χ1v) is 11.6. The summed E-state index contributed by atoms with van der Waals surface area (Å²) in [6, 6.07) is 0. The average Bonchev–Trinajstić information content (AvgIpc) is 3.03. The van der Waals surface area contributed by atoms with Crippen LogP contribution >= 0.6 is 24.8 Å². The number of hydrogen-bond donors (Lipinski definition) is 0. The van der Waals surface area contributed by atoms with Crippen molar-refractivity contribution in [3.05, 3.63) is 61.4 Å². The molecular weight excluding hydrogens is 387 g/mol. The van der Waals surface area contributed by atoms with E-state index in [0.717, 1.165) is 12.8 Å². The number of allylic oxidation sites excluding steroid dienone is 8. The van der Waals surface area contributed by atoms with E-state index in [1.165, 1.54) is 48.0 Å². The van der Waals surface area contributed by atoms with Crippen LogP contribution in [0, 0.1) is 27.0 Å². The van der Waals surface area contributed by atoms with Crippen LogP contribution in [-0.2, 0) is 19.2 Å². The predicted molar refractivity (Wildman–Crippen MR) is 116 cm³/mol. The molecule has 0 nitrogen and oxygen atoms in total. The molecule has 0 amide bonds. The fraction of sp³-hybridized carbons (Fsp3) is 0.500. The van der Waals surface area contributed by atoms with Crippen LogP contribution in [0.1, 0.15) is 66.2 Å². The minimum atomic E-state index is 0. The van der Waals surface area contributed by atoms with Crippen molar-refractivity contribution in [3.8, 4) is 0 Å². The summed E-state index contributed by atoms with van der Waals surface area (Å²) in [5, 5.41) is 0. The Morgan fingerprint density at radius 2 is 1.12 bits per heavy atom. The Morgan fingerprint density at radius 3 is 1.29 bits per heavy atom. The van der Waals surface area contributed by atoms with Crippen molar-refractivity contribution in [1.82, 2.24) is 0 Å². The topological polar surface area (TPSA) is 0 Å².